The Labute approximate surface area is 152 Å². The molecule has 0 saturated carbocycles. The molecular weight excluding hydrogens is 312 g/mol. The van der Waals surface area contributed by atoms with Crippen LogP contribution in [0.25, 0.3) is 0 Å². The van der Waals surface area contributed by atoms with Gasteiger partial charge in [0.15, 0.2) is 0 Å². The molecule has 1 saturated heterocycles. The van der Waals surface area contributed by atoms with Crippen LogP contribution in [-0.4, -0.2) is 23.8 Å². The van der Waals surface area contributed by atoms with Gasteiger partial charge in [-0.15, -0.1) is 0 Å². The van der Waals surface area contributed by atoms with Crippen molar-refractivity contribution in [3.8, 4) is 0 Å². The number of carbonyl (C=O) groups is 1. The maximum atomic E-state index is 11.9. The first-order valence-electron chi connectivity index (χ1n) is 9.91. The number of esters is 1. The van der Waals surface area contributed by atoms with Gasteiger partial charge in [0.1, 0.15) is 6.10 Å². The summed E-state index contributed by atoms with van der Waals surface area (Å²) < 4.78 is 11.7. The van der Waals surface area contributed by atoms with Crippen molar-refractivity contribution in [2.24, 2.45) is 17.8 Å². The van der Waals surface area contributed by atoms with E-state index in [0.717, 1.165) is 32.1 Å². The minimum Gasteiger partial charge on any atom is -0.461 e. The number of allylic oxidation sites excluding steroid dienone is 2. The molecule has 1 fully saturated rings. The van der Waals surface area contributed by atoms with Gasteiger partial charge in [-0.2, -0.15) is 0 Å². The molecule has 0 aromatic carbocycles. The molecule has 0 bridgehead atoms. The second-order valence-electron chi connectivity index (χ2n) is 8.98. The summed E-state index contributed by atoms with van der Waals surface area (Å²) in [6.07, 6.45) is 8.25. The molecule has 0 amide bonds. The number of ether oxygens (including phenoxy) is 2. The predicted octanol–water partition coefficient (Wildman–Crippen LogP) is 5.20. The molecule has 1 aliphatic heterocycles. The Morgan fingerprint density at radius 1 is 1.40 bits per heavy atom. The number of fused-ring (bicyclic) bond motifs is 1. The number of rotatable bonds is 5. The Hall–Kier alpha value is -1.09. The van der Waals surface area contributed by atoms with Crippen molar-refractivity contribution in [3.05, 3.63) is 22.8 Å². The van der Waals surface area contributed by atoms with Gasteiger partial charge in [0.2, 0.25) is 0 Å². The lowest BCUT2D eigenvalue weighted by Gasteiger charge is -2.35. The summed E-state index contributed by atoms with van der Waals surface area (Å²) in [6.45, 7) is 12.7. The molecule has 5 atom stereocenters. The van der Waals surface area contributed by atoms with E-state index in [1.54, 1.807) is 6.92 Å². The van der Waals surface area contributed by atoms with Gasteiger partial charge in [-0.3, -0.25) is 4.79 Å². The van der Waals surface area contributed by atoms with Crippen LogP contribution in [0.4, 0.5) is 0 Å². The van der Waals surface area contributed by atoms with Gasteiger partial charge in [0, 0.05) is 12.8 Å². The zero-order chi connectivity index (χ0) is 18.4. The maximum Gasteiger partial charge on any atom is 0.302 e. The summed E-state index contributed by atoms with van der Waals surface area (Å²) in [5, 5.41) is 0. The van der Waals surface area contributed by atoms with E-state index in [0.29, 0.717) is 23.9 Å². The van der Waals surface area contributed by atoms with E-state index in [-0.39, 0.29) is 17.7 Å². The minimum absolute atomic E-state index is 0.00756. The second-order valence-corrected chi connectivity index (χ2v) is 8.98. The Morgan fingerprint density at radius 2 is 2.08 bits per heavy atom. The fourth-order valence-corrected chi connectivity index (χ4v) is 4.97. The van der Waals surface area contributed by atoms with Gasteiger partial charge in [-0.05, 0) is 71.6 Å². The standard InChI is InChI=1S/C22H34O3/c1-13-7-11-18(14(2)9-12-19-22(5,6)25-19)21(24-16(4)23)20-15(3)8-10-17(13)20/h8,14,18-21H,7,9-12H2,1-6H3/t14-,18-,19-,20-,21-/m1/s1. The van der Waals surface area contributed by atoms with E-state index in [4.69, 9.17) is 9.47 Å². The first kappa shape index (κ1) is 18.7. The summed E-state index contributed by atoms with van der Waals surface area (Å²) in [4.78, 5) is 11.9. The molecule has 2 aliphatic carbocycles. The molecule has 3 nitrogen and oxygen atoms in total. The number of epoxide rings is 1. The summed E-state index contributed by atoms with van der Waals surface area (Å²) in [6, 6.07) is 0. The monoisotopic (exact) mass is 346 g/mol. The molecular formula is C22H34O3. The lowest BCUT2D eigenvalue weighted by molar-refractivity contribution is -0.152. The fraction of sp³-hybridized carbons (Fsp3) is 0.773. The average molecular weight is 347 g/mol. The molecule has 0 radical (unpaired) electrons. The normalized spacial score (nSPS) is 34.9. The maximum absolute atomic E-state index is 11.9. The van der Waals surface area contributed by atoms with Crippen molar-refractivity contribution in [1.82, 2.24) is 0 Å². The lowest BCUT2D eigenvalue weighted by atomic mass is 9.76. The first-order chi connectivity index (χ1) is 11.7. The van der Waals surface area contributed by atoms with Crippen LogP contribution in [0.1, 0.15) is 73.6 Å². The number of hydrogen-bond acceptors (Lipinski definition) is 3. The first-order valence-corrected chi connectivity index (χ1v) is 9.91. The van der Waals surface area contributed by atoms with E-state index in [1.165, 1.54) is 16.7 Å². The van der Waals surface area contributed by atoms with Crippen LogP contribution >= 0.6 is 0 Å². The highest BCUT2D eigenvalue weighted by atomic mass is 16.6. The van der Waals surface area contributed by atoms with E-state index in [2.05, 4.69) is 40.7 Å². The number of hydrogen-bond donors (Lipinski definition) is 0. The Balaban J connectivity index is 1.76. The molecule has 0 N–H and O–H groups in total. The third-order valence-corrected chi connectivity index (χ3v) is 6.74. The summed E-state index contributed by atoms with van der Waals surface area (Å²) in [5.41, 5.74) is 4.46. The summed E-state index contributed by atoms with van der Waals surface area (Å²) in [7, 11) is 0. The molecule has 0 unspecified atom stereocenters. The highest BCUT2D eigenvalue weighted by molar-refractivity contribution is 5.66. The molecule has 3 heteroatoms. The molecule has 25 heavy (non-hydrogen) atoms. The second kappa shape index (κ2) is 6.90. The van der Waals surface area contributed by atoms with Crippen LogP contribution in [0.2, 0.25) is 0 Å². The minimum atomic E-state index is -0.146. The molecule has 0 aromatic heterocycles. The van der Waals surface area contributed by atoms with E-state index in [1.807, 2.05) is 0 Å². The van der Waals surface area contributed by atoms with Crippen LogP contribution in [0.5, 0.6) is 0 Å². The van der Waals surface area contributed by atoms with Gasteiger partial charge >= 0.3 is 5.97 Å². The SMILES string of the molecule is CC(=O)O[C@H]1[C@@H]2C(C)=CCC2=C(C)CC[C@@H]1[C@H](C)CC[C@H]1OC1(C)C. The zero-order valence-electron chi connectivity index (χ0n) is 16.7. The predicted molar refractivity (Wildman–Crippen MR) is 100 cm³/mol. The Bertz CT molecular complexity index is 598. The molecule has 140 valence electrons. The van der Waals surface area contributed by atoms with Crippen molar-refractivity contribution < 1.29 is 14.3 Å². The van der Waals surface area contributed by atoms with Crippen LogP contribution in [0, 0.1) is 17.8 Å². The van der Waals surface area contributed by atoms with Crippen LogP contribution in [-0.2, 0) is 14.3 Å². The zero-order valence-corrected chi connectivity index (χ0v) is 16.7. The highest BCUT2D eigenvalue weighted by Gasteiger charge is 2.48. The van der Waals surface area contributed by atoms with Crippen molar-refractivity contribution in [2.45, 2.75) is 91.5 Å². The third-order valence-electron chi connectivity index (χ3n) is 6.74. The van der Waals surface area contributed by atoms with Gasteiger partial charge in [0.25, 0.3) is 0 Å². The van der Waals surface area contributed by atoms with Crippen molar-refractivity contribution >= 4 is 5.97 Å². The van der Waals surface area contributed by atoms with Gasteiger partial charge < -0.3 is 9.47 Å². The van der Waals surface area contributed by atoms with Crippen LogP contribution in [0.3, 0.4) is 0 Å². The van der Waals surface area contributed by atoms with Gasteiger partial charge in [-0.1, -0.05) is 29.7 Å². The topological polar surface area (TPSA) is 38.8 Å². The molecule has 3 rings (SSSR count). The molecule has 0 aromatic rings. The van der Waals surface area contributed by atoms with Crippen molar-refractivity contribution in [2.75, 3.05) is 0 Å². The Kier molecular flexibility index (Phi) is 5.16. The van der Waals surface area contributed by atoms with E-state index in [9.17, 15) is 4.79 Å². The van der Waals surface area contributed by atoms with Crippen LogP contribution in [0.15, 0.2) is 22.8 Å². The van der Waals surface area contributed by atoms with Crippen molar-refractivity contribution in [3.63, 3.8) is 0 Å². The van der Waals surface area contributed by atoms with Gasteiger partial charge in [-0.25, -0.2) is 0 Å². The van der Waals surface area contributed by atoms with E-state index >= 15 is 0 Å². The van der Waals surface area contributed by atoms with Gasteiger partial charge in [0.05, 0.1) is 11.7 Å². The van der Waals surface area contributed by atoms with Crippen molar-refractivity contribution in [1.29, 1.82) is 0 Å². The van der Waals surface area contributed by atoms with E-state index < -0.39 is 0 Å². The molecule has 3 aliphatic rings. The molecule has 1 heterocycles. The number of carbonyl (C=O) groups excluding carboxylic acids is 1. The summed E-state index contributed by atoms with van der Waals surface area (Å²) >= 11 is 0. The van der Waals surface area contributed by atoms with Crippen LogP contribution < -0.4 is 0 Å². The fourth-order valence-electron chi connectivity index (χ4n) is 4.97. The third kappa shape index (κ3) is 3.86. The Morgan fingerprint density at radius 3 is 2.68 bits per heavy atom. The largest absolute Gasteiger partial charge is 0.461 e. The smallest absolute Gasteiger partial charge is 0.302 e. The lowest BCUT2D eigenvalue weighted by Crippen LogP contribution is -2.36. The quantitative estimate of drug-likeness (QED) is 0.390. The average Bonchev–Trinajstić information content (AvgIpc) is 2.99. The molecule has 0 spiro atoms. The highest BCUT2D eigenvalue weighted by Crippen LogP contribution is 2.47. The summed E-state index contributed by atoms with van der Waals surface area (Å²) in [5.74, 6) is 1.11.